The molecule has 0 spiro atoms. The first-order chi connectivity index (χ1) is 7.99. The Morgan fingerprint density at radius 1 is 1.35 bits per heavy atom. The Balaban J connectivity index is 2.30. The number of carboxylic acid groups (broad SMARTS) is 1. The second kappa shape index (κ2) is 4.52. The maximum Gasteiger partial charge on any atom is 0.335 e. The van der Waals surface area contributed by atoms with Gasteiger partial charge in [0.2, 0.25) is 0 Å². The summed E-state index contributed by atoms with van der Waals surface area (Å²) in [6, 6.07) is 7.46. The van der Waals surface area contributed by atoms with E-state index in [1.807, 2.05) is 12.1 Å². The molecule has 0 bridgehead atoms. The molecule has 17 heavy (non-hydrogen) atoms. The molecular weight excluding hydrogens is 212 g/mol. The fourth-order valence-electron chi connectivity index (χ4n) is 3.01. The molecule has 1 aliphatic rings. The van der Waals surface area contributed by atoms with Gasteiger partial charge >= 0.3 is 5.97 Å². The highest BCUT2D eigenvalue weighted by Crippen LogP contribution is 2.44. The summed E-state index contributed by atoms with van der Waals surface area (Å²) in [7, 11) is 0. The van der Waals surface area contributed by atoms with Gasteiger partial charge in [0.05, 0.1) is 5.56 Å². The molecule has 92 valence electrons. The lowest BCUT2D eigenvalue weighted by Crippen LogP contribution is -2.22. The van der Waals surface area contributed by atoms with Gasteiger partial charge in [0.25, 0.3) is 0 Å². The van der Waals surface area contributed by atoms with Gasteiger partial charge in [-0.2, -0.15) is 0 Å². The molecule has 0 amide bonds. The fraction of sp³-hybridized carbons (Fsp3) is 0.533. The Morgan fingerprint density at radius 2 is 2.06 bits per heavy atom. The summed E-state index contributed by atoms with van der Waals surface area (Å²) in [5.41, 5.74) is 1.84. The smallest absolute Gasteiger partial charge is 0.335 e. The van der Waals surface area contributed by atoms with Crippen molar-refractivity contribution in [2.24, 2.45) is 5.41 Å². The quantitative estimate of drug-likeness (QED) is 0.834. The molecule has 0 saturated heterocycles. The molecule has 2 nitrogen and oxygen atoms in total. The highest BCUT2D eigenvalue weighted by atomic mass is 16.4. The number of benzene rings is 1. The van der Waals surface area contributed by atoms with E-state index in [1.54, 1.807) is 12.1 Å². The molecule has 0 aromatic heterocycles. The first-order valence-corrected chi connectivity index (χ1v) is 6.32. The SMILES string of the molecule is CC1(C)CCCC(c2ccccc2C(=O)O)C1. The molecule has 1 saturated carbocycles. The number of rotatable bonds is 2. The van der Waals surface area contributed by atoms with Crippen molar-refractivity contribution in [3.63, 3.8) is 0 Å². The van der Waals surface area contributed by atoms with Crippen molar-refractivity contribution in [3.05, 3.63) is 35.4 Å². The van der Waals surface area contributed by atoms with Crippen molar-refractivity contribution in [2.75, 3.05) is 0 Å². The Bertz CT molecular complexity index is 421. The largest absolute Gasteiger partial charge is 0.478 e. The Labute approximate surface area is 103 Å². The third kappa shape index (κ3) is 2.68. The summed E-state index contributed by atoms with van der Waals surface area (Å²) < 4.78 is 0. The van der Waals surface area contributed by atoms with E-state index in [4.69, 9.17) is 0 Å². The standard InChI is InChI=1S/C15H20O2/c1-15(2)9-5-6-11(10-15)12-7-3-4-8-13(12)14(16)17/h3-4,7-8,11H,5-6,9-10H2,1-2H3,(H,16,17). The molecule has 1 aromatic rings. The van der Waals surface area contributed by atoms with Gasteiger partial charge in [-0.05, 0) is 42.2 Å². The van der Waals surface area contributed by atoms with Crippen LogP contribution in [0.1, 0.15) is 61.4 Å². The van der Waals surface area contributed by atoms with Crippen LogP contribution >= 0.6 is 0 Å². The summed E-state index contributed by atoms with van der Waals surface area (Å²) in [5.74, 6) is -0.393. The zero-order valence-electron chi connectivity index (χ0n) is 10.6. The average Bonchev–Trinajstić information content (AvgIpc) is 2.27. The highest BCUT2D eigenvalue weighted by molar-refractivity contribution is 5.89. The summed E-state index contributed by atoms with van der Waals surface area (Å²) in [4.78, 5) is 11.2. The van der Waals surface area contributed by atoms with Gasteiger partial charge < -0.3 is 5.11 Å². The van der Waals surface area contributed by atoms with Gasteiger partial charge in [-0.3, -0.25) is 0 Å². The van der Waals surface area contributed by atoms with Crippen molar-refractivity contribution >= 4 is 5.97 Å². The van der Waals surface area contributed by atoms with Gasteiger partial charge in [-0.1, -0.05) is 38.5 Å². The molecule has 2 heteroatoms. The predicted molar refractivity (Wildman–Crippen MR) is 68.4 cm³/mol. The van der Waals surface area contributed by atoms with Crippen LogP contribution in [-0.2, 0) is 0 Å². The van der Waals surface area contributed by atoms with Crippen LogP contribution in [0.25, 0.3) is 0 Å². The predicted octanol–water partition coefficient (Wildman–Crippen LogP) is 4.07. The van der Waals surface area contributed by atoms with E-state index in [2.05, 4.69) is 13.8 Å². The van der Waals surface area contributed by atoms with Crippen LogP contribution in [-0.4, -0.2) is 11.1 Å². The molecule has 2 rings (SSSR count). The molecule has 1 aromatic carbocycles. The summed E-state index contributed by atoms with van der Waals surface area (Å²) in [5, 5.41) is 9.23. The molecule has 0 radical (unpaired) electrons. The minimum absolute atomic E-state index is 0.342. The van der Waals surface area contributed by atoms with Gasteiger partial charge in [0.1, 0.15) is 0 Å². The van der Waals surface area contributed by atoms with Gasteiger partial charge in [0, 0.05) is 0 Å². The average molecular weight is 232 g/mol. The molecule has 1 N–H and O–H groups in total. The van der Waals surface area contributed by atoms with E-state index < -0.39 is 5.97 Å². The number of carboxylic acids is 1. The zero-order valence-corrected chi connectivity index (χ0v) is 10.6. The van der Waals surface area contributed by atoms with E-state index >= 15 is 0 Å². The van der Waals surface area contributed by atoms with E-state index in [0.29, 0.717) is 16.9 Å². The van der Waals surface area contributed by atoms with Crippen LogP contribution in [0.5, 0.6) is 0 Å². The van der Waals surface area contributed by atoms with Crippen LogP contribution in [0.15, 0.2) is 24.3 Å². The number of carbonyl (C=O) groups is 1. The van der Waals surface area contributed by atoms with E-state index in [0.717, 1.165) is 18.4 Å². The van der Waals surface area contributed by atoms with Crippen LogP contribution in [0.4, 0.5) is 0 Å². The maximum atomic E-state index is 11.2. The minimum atomic E-state index is -0.802. The lowest BCUT2D eigenvalue weighted by atomic mass is 9.69. The van der Waals surface area contributed by atoms with Crippen molar-refractivity contribution < 1.29 is 9.90 Å². The molecule has 1 unspecified atom stereocenters. The zero-order chi connectivity index (χ0) is 12.5. The molecule has 1 aliphatic carbocycles. The number of hydrogen-bond acceptors (Lipinski definition) is 1. The Hall–Kier alpha value is -1.31. The lowest BCUT2D eigenvalue weighted by molar-refractivity contribution is 0.0693. The van der Waals surface area contributed by atoms with E-state index in [-0.39, 0.29) is 0 Å². The first-order valence-electron chi connectivity index (χ1n) is 6.32. The Morgan fingerprint density at radius 3 is 2.71 bits per heavy atom. The first kappa shape index (κ1) is 12.2. The Kier molecular flexibility index (Phi) is 3.23. The molecule has 0 aliphatic heterocycles. The number of aromatic carboxylic acids is 1. The minimum Gasteiger partial charge on any atom is -0.478 e. The van der Waals surface area contributed by atoms with Crippen molar-refractivity contribution in [3.8, 4) is 0 Å². The summed E-state index contributed by atoms with van der Waals surface area (Å²) >= 11 is 0. The third-order valence-corrected chi connectivity index (χ3v) is 3.84. The van der Waals surface area contributed by atoms with Gasteiger partial charge in [0.15, 0.2) is 0 Å². The van der Waals surface area contributed by atoms with Crippen LogP contribution in [0.3, 0.4) is 0 Å². The number of hydrogen-bond donors (Lipinski definition) is 1. The van der Waals surface area contributed by atoms with Crippen LogP contribution in [0, 0.1) is 5.41 Å². The molecular formula is C15H20O2. The molecule has 0 heterocycles. The van der Waals surface area contributed by atoms with Crippen LogP contribution < -0.4 is 0 Å². The second-order valence-electron chi connectivity index (χ2n) is 5.85. The normalized spacial score (nSPS) is 23.3. The topological polar surface area (TPSA) is 37.3 Å². The lowest BCUT2D eigenvalue weighted by Gasteiger charge is -2.35. The van der Waals surface area contributed by atoms with E-state index in [9.17, 15) is 9.90 Å². The monoisotopic (exact) mass is 232 g/mol. The van der Waals surface area contributed by atoms with E-state index in [1.165, 1.54) is 12.8 Å². The third-order valence-electron chi connectivity index (χ3n) is 3.84. The van der Waals surface area contributed by atoms with Gasteiger partial charge in [-0.25, -0.2) is 4.79 Å². The van der Waals surface area contributed by atoms with Crippen LogP contribution in [0.2, 0.25) is 0 Å². The summed E-state index contributed by atoms with van der Waals surface area (Å²) in [6.07, 6.45) is 4.66. The van der Waals surface area contributed by atoms with Crippen molar-refractivity contribution in [1.29, 1.82) is 0 Å². The van der Waals surface area contributed by atoms with Crippen molar-refractivity contribution in [1.82, 2.24) is 0 Å². The molecule has 1 atom stereocenters. The van der Waals surface area contributed by atoms with Crippen molar-refractivity contribution in [2.45, 2.75) is 45.4 Å². The fourth-order valence-corrected chi connectivity index (χ4v) is 3.01. The summed E-state index contributed by atoms with van der Waals surface area (Å²) in [6.45, 7) is 4.56. The molecule has 1 fully saturated rings. The second-order valence-corrected chi connectivity index (χ2v) is 5.85. The van der Waals surface area contributed by atoms with Gasteiger partial charge in [-0.15, -0.1) is 0 Å². The highest BCUT2D eigenvalue weighted by Gasteiger charge is 2.30. The maximum absolute atomic E-state index is 11.2.